The maximum atomic E-state index is 12.7. The number of aromatic nitrogens is 2. The number of morpholine rings is 1. The van der Waals surface area contributed by atoms with Crippen LogP contribution in [-0.4, -0.2) is 49.2 Å². The van der Waals surface area contributed by atoms with E-state index in [4.69, 9.17) is 9.26 Å². The SMILES string of the molecule is O=S(=O)(c1ccc(-c2noc(-c3ccc(Br)cc3)n2)cc1)N1CCOCC1. The van der Waals surface area contributed by atoms with Gasteiger partial charge in [-0.05, 0) is 48.5 Å². The summed E-state index contributed by atoms with van der Waals surface area (Å²) in [6.07, 6.45) is 0. The van der Waals surface area contributed by atoms with Crippen LogP contribution >= 0.6 is 15.9 Å². The first kappa shape index (κ1) is 18.3. The van der Waals surface area contributed by atoms with Crippen molar-refractivity contribution in [3.63, 3.8) is 0 Å². The van der Waals surface area contributed by atoms with Gasteiger partial charge in [-0.1, -0.05) is 21.1 Å². The first-order valence-corrected chi connectivity index (χ1v) is 10.6. The maximum Gasteiger partial charge on any atom is 0.258 e. The second kappa shape index (κ2) is 7.51. The van der Waals surface area contributed by atoms with E-state index in [1.807, 2.05) is 24.3 Å². The Bertz CT molecular complexity index is 1030. The molecule has 0 atom stereocenters. The van der Waals surface area contributed by atoms with Gasteiger partial charge in [0.2, 0.25) is 15.8 Å². The van der Waals surface area contributed by atoms with E-state index in [2.05, 4.69) is 26.1 Å². The van der Waals surface area contributed by atoms with Crippen molar-refractivity contribution in [1.29, 1.82) is 0 Å². The number of hydrogen-bond acceptors (Lipinski definition) is 6. The van der Waals surface area contributed by atoms with Gasteiger partial charge >= 0.3 is 0 Å². The minimum absolute atomic E-state index is 0.241. The van der Waals surface area contributed by atoms with Crippen LogP contribution in [0.1, 0.15) is 0 Å². The molecule has 2 heterocycles. The second-order valence-electron chi connectivity index (χ2n) is 5.97. The topological polar surface area (TPSA) is 85.5 Å². The van der Waals surface area contributed by atoms with Gasteiger partial charge < -0.3 is 9.26 Å². The van der Waals surface area contributed by atoms with Gasteiger partial charge in [-0.15, -0.1) is 0 Å². The molecule has 140 valence electrons. The van der Waals surface area contributed by atoms with Crippen molar-refractivity contribution in [2.45, 2.75) is 4.90 Å². The summed E-state index contributed by atoms with van der Waals surface area (Å²) in [5, 5.41) is 3.99. The molecule has 0 bridgehead atoms. The van der Waals surface area contributed by atoms with Gasteiger partial charge in [0.1, 0.15) is 0 Å². The van der Waals surface area contributed by atoms with Crippen molar-refractivity contribution in [1.82, 2.24) is 14.4 Å². The molecular formula is C18H16BrN3O4S. The molecule has 0 unspecified atom stereocenters. The minimum Gasteiger partial charge on any atom is -0.379 e. The van der Waals surface area contributed by atoms with Crippen molar-refractivity contribution in [3.05, 3.63) is 53.0 Å². The fourth-order valence-corrected chi connectivity index (χ4v) is 4.43. The zero-order valence-corrected chi connectivity index (χ0v) is 16.6. The lowest BCUT2D eigenvalue weighted by molar-refractivity contribution is 0.0730. The molecule has 3 aromatic rings. The summed E-state index contributed by atoms with van der Waals surface area (Å²) in [5.74, 6) is 0.811. The number of nitrogens with zero attached hydrogens (tertiary/aromatic N) is 3. The van der Waals surface area contributed by atoms with Crippen LogP contribution in [0.5, 0.6) is 0 Å². The Morgan fingerprint density at radius 1 is 0.926 bits per heavy atom. The fraction of sp³-hybridized carbons (Fsp3) is 0.222. The Labute approximate surface area is 165 Å². The number of halogens is 1. The number of ether oxygens (including phenoxy) is 1. The summed E-state index contributed by atoms with van der Waals surface area (Å²) in [7, 11) is -3.52. The summed E-state index contributed by atoms with van der Waals surface area (Å²) >= 11 is 3.39. The molecule has 0 radical (unpaired) electrons. The van der Waals surface area contributed by atoms with E-state index >= 15 is 0 Å². The molecule has 1 aliphatic heterocycles. The lowest BCUT2D eigenvalue weighted by Gasteiger charge is -2.26. The van der Waals surface area contributed by atoms with Crippen LogP contribution in [0.3, 0.4) is 0 Å². The lowest BCUT2D eigenvalue weighted by atomic mass is 10.2. The van der Waals surface area contributed by atoms with Crippen LogP contribution in [-0.2, 0) is 14.8 Å². The van der Waals surface area contributed by atoms with Crippen LogP contribution in [0.2, 0.25) is 0 Å². The van der Waals surface area contributed by atoms with Crippen LogP contribution in [0, 0.1) is 0 Å². The van der Waals surface area contributed by atoms with E-state index in [9.17, 15) is 8.42 Å². The van der Waals surface area contributed by atoms with Gasteiger partial charge in [-0.3, -0.25) is 0 Å². The molecule has 0 saturated carbocycles. The Morgan fingerprint density at radius 3 is 2.22 bits per heavy atom. The Hall–Kier alpha value is -2.07. The van der Waals surface area contributed by atoms with Crippen LogP contribution in [0.25, 0.3) is 22.8 Å². The summed E-state index contributed by atoms with van der Waals surface area (Å²) in [4.78, 5) is 4.63. The van der Waals surface area contributed by atoms with Gasteiger partial charge in [-0.25, -0.2) is 8.42 Å². The van der Waals surface area contributed by atoms with E-state index < -0.39 is 10.0 Å². The molecule has 1 fully saturated rings. The predicted octanol–water partition coefficient (Wildman–Crippen LogP) is 3.19. The van der Waals surface area contributed by atoms with Gasteiger partial charge in [0, 0.05) is 28.7 Å². The molecule has 0 N–H and O–H groups in total. The van der Waals surface area contributed by atoms with Crippen molar-refractivity contribution < 1.29 is 17.7 Å². The Morgan fingerprint density at radius 2 is 1.56 bits per heavy atom. The third-order valence-corrected chi connectivity index (χ3v) is 6.68. The summed E-state index contributed by atoms with van der Waals surface area (Å²) in [6, 6.07) is 14.0. The second-order valence-corrected chi connectivity index (χ2v) is 8.82. The van der Waals surface area contributed by atoms with E-state index in [1.165, 1.54) is 4.31 Å². The molecule has 27 heavy (non-hydrogen) atoms. The molecule has 7 nitrogen and oxygen atoms in total. The normalized spacial score (nSPS) is 15.7. The molecule has 1 saturated heterocycles. The molecule has 9 heteroatoms. The van der Waals surface area contributed by atoms with Crippen molar-refractivity contribution in [2.24, 2.45) is 0 Å². The van der Waals surface area contributed by atoms with Crippen LogP contribution < -0.4 is 0 Å². The highest BCUT2D eigenvalue weighted by atomic mass is 79.9. The average molecular weight is 450 g/mol. The molecule has 0 amide bonds. The van der Waals surface area contributed by atoms with Crippen molar-refractivity contribution in [3.8, 4) is 22.8 Å². The van der Waals surface area contributed by atoms with E-state index in [-0.39, 0.29) is 4.90 Å². The quantitative estimate of drug-likeness (QED) is 0.607. The first-order chi connectivity index (χ1) is 13.0. The fourth-order valence-electron chi connectivity index (χ4n) is 2.76. The van der Waals surface area contributed by atoms with Gasteiger partial charge in [-0.2, -0.15) is 9.29 Å². The summed E-state index contributed by atoms with van der Waals surface area (Å²) in [6.45, 7) is 1.56. The molecule has 0 spiro atoms. The van der Waals surface area contributed by atoms with E-state index in [1.54, 1.807) is 24.3 Å². The Balaban J connectivity index is 1.57. The zero-order valence-electron chi connectivity index (χ0n) is 14.2. The van der Waals surface area contributed by atoms with E-state index in [0.29, 0.717) is 43.6 Å². The summed E-state index contributed by atoms with van der Waals surface area (Å²) < 4.78 is 38.3. The highest BCUT2D eigenvalue weighted by Gasteiger charge is 2.26. The third-order valence-electron chi connectivity index (χ3n) is 4.24. The minimum atomic E-state index is -3.52. The number of rotatable bonds is 4. The molecular weight excluding hydrogens is 434 g/mol. The van der Waals surface area contributed by atoms with Gasteiger partial charge in [0.25, 0.3) is 5.89 Å². The molecule has 4 rings (SSSR count). The third kappa shape index (κ3) is 3.81. The zero-order chi connectivity index (χ0) is 18.9. The number of sulfonamides is 1. The molecule has 1 aromatic heterocycles. The van der Waals surface area contributed by atoms with Crippen LogP contribution in [0.15, 0.2) is 62.4 Å². The summed E-state index contributed by atoms with van der Waals surface area (Å²) in [5.41, 5.74) is 1.49. The van der Waals surface area contributed by atoms with Gasteiger partial charge in [0.15, 0.2) is 0 Å². The Kier molecular flexibility index (Phi) is 5.09. The highest BCUT2D eigenvalue weighted by molar-refractivity contribution is 9.10. The molecule has 1 aliphatic rings. The van der Waals surface area contributed by atoms with E-state index in [0.717, 1.165) is 10.0 Å². The highest BCUT2D eigenvalue weighted by Crippen LogP contribution is 2.25. The van der Waals surface area contributed by atoms with Crippen molar-refractivity contribution in [2.75, 3.05) is 26.3 Å². The largest absolute Gasteiger partial charge is 0.379 e. The first-order valence-electron chi connectivity index (χ1n) is 8.32. The molecule has 0 aliphatic carbocycles. The number of benzene rings is 2. The van der Waals surface area contributed by atoms with Crippen molar-refractivity contribution >= 4 is 26.0 Å². The maximum absolute atomic E-state index is 12.7. The predicted molar refractivity (Wildman–Crippen MR) is 102 cm³/mol. The monoisotopic (exact) mass is 449 g/mol. The smallest absolute Gasteiger partial charge is 0.258 e. The van der Waals surface area contributed by atoms with Gasteiger partial charge in [0.05, 0.1) is 18.1 Å². The molecule has 2 aromatic carbocycles. The number of hydrogen-bond donors (Lipinski definition) is 0. The van der Waals surface area contributed by atoms with Crippen LogP contribution in [0.4, 0.5) is 0 Å². The average Bonchev–Trinajstić information content (AvgIpc) is 3.19. The lowest BCUT2D eigenvalue weighted by Crippen LogP contribution is -2.40. The standard InChI is InChI=1S/C18H16BrN3O4S/c19-15-5-1-14(2-6-15)18-20-17(21-26-18)13-3-7-16(8-4-13)27(23,24)22-9-11-25-12-10-22/h1-8H,9-12H2.